The number of benzene rings is 1. The molecule has 3 amide bonds. The zero-order valence-electron chi connectivity index (χ0n) is 26.0. The molecule has 0 radical (unpaired) electrons. The lowest BCUT2D eigenvalue weighted by molar-refractivity contribution is -0.138. The Morgan fingerprint density at radius 1 is 1.04 bits per heavy atom. The number of likely N-dealkylation sites (tertiary alicyclic amines) is 2. The Morgan fingerprint density at radius 3 is 2.60 bits per heavy atom. The minimum Gasteiger partial charge on any atom is -0.381 e. The highest BCUT2D eigenvalue weighted by atomic mass is 16.2. The lowest BCUT2D eigenvalue weighted by atomic mass is 9.83. The van der Waals surface area contributed by atoms with Crippen molar-refractivity contribution in [3.63, 3.8) is 0 Å². The third-order valence-electron chi connectivity index (χ3n) is 9.85. The lowest BCUT2D eigenvalue weighted by Crippen LogP contribution is -2.46. The van der Waals surface area contributed by atoms with Crippen molar-refractivity contribution in [1.29, 1.82) is 0 Å². The molecule has 6 rings (SSSR count). The summed E-state index contributed by atoms with van der Waals surface area (Å²) in [5, 5.41) is 9.28. The molecule has 2 aromatic heterocycles. The number of hydrogen-bond donors (Lipinski definition) is 3. The number of fused-ring (bicyclic) bond motifs is 1. The van der Waals surface area contributed by atoms with Crippen molar-refractivity contribution < 1.29 is 19.2 Å². The molecule has 11 nitrogen and oxygen atoms in total. The molecule has 1 unspecified atom stereocenters. The van der Waals surface area contributed by atoms with E-state index in [2.05, 4.69) is 33.1 Å². The molecular weight excluding hydrogens is 570 g/mol. The number of pyridine rings is 1. The van der Waals surface area contributed by atoms with Crippen molar-refractivity contribution in [3.8, 4) is 11.3 Å². The second-order valence-electron chi connectivity index (χ2n) is 12.8. The normalized spacial score (nSPS) is 21.0. The van der Waals surface area contributed by atoms with Crippen molar-refractivity contribution >= 4 is 35.3 Å². The Bertz CT molecular complexity index is 1560. The Kier molecular flexibility index (Phi) is 9.16. The Morgan fingerprint density at radius 2 is 1.87 bits per heavy atom. The number of imidazole rings is 1. The fourth-order valence-corrected chi connectivity index (χ4v) is 6.85. The molecule has 3 N–H and O–H groups in total. The van der Waals surface area contributed by atoms with Gasteiger partial charge in [-0.2, -0.15) is 0 Å². The van der Waals surface area contributed by atoms with Crippen molar-refractivity contribution in [2.24, 2.45) is 11.3 Å². The zero-order chi connectivity index (χ0) is 31.4. The number of nitrogens with zero attached hydrogens (tertiary/aromatic N) is 4. The fraction of sp³-hybridized carbons (Fsp3) is 0.500. The highest BCUT2D eigenvalue weighted by Gasteiger charge is 2.46. The van der Waals surface area contributed by atoms with Gasteiger partial charge in [0.05, 0.1) is 16.8 Å². The number of aldehydes is 1. The largest absolute Gasteiger partial charge is 0.381 e. The Balaban J connectivity index is 0.968. The molecular formula is C34H43N7O4. The van der Waals surface area contributed by atoms with Crippen LogP contribution in [-0.4, -0.2) is 95.6 Å². The average molecular weight is 614 g/mol. The van der Waals surface area contributed by atoms with Crippen LogP contribution in [0.1, 0.15) is 55.3 Å². The van der Waals surface area contributed by atoms with Crippen LogP contribution in [0.25, 0.3) is 16.9 Å². The van der Waals surface area contributed by atoms with E-state index in [1.54, 1.807) is 11.9 Å². The molecule has 238 valence electrons. The van der Waals surface area contributed by atoms with E-state index in [1.807, 2.05) is 40.9 Å². The maximum atomic E-state index is 13.2. The summed E-state index contributed by atoms with van der Waals surface area (Å²) in [6, 6.07) is 12.2. The number of rotatable bonds is 11. The Hall–Kier alpha value is -4.25. The van der Waals surface area contributed by atoms with Gasteiger partial charge in [-0.3, -0.25) is 14.4 Å². The first kappa shape index (κ1) is 30.8. The van der Waals surface area contributed by atoms with E-state index >= 15 is 0 Å². The number of amides is 3. The molecule has 2 aliphatic heterocycles. The van der Waals surface area contributed by atoms with Gasteiger partial charge in [0.15, 0.2) is 0 Å². The van der Waals surface area contributed by atoms with Crippen LogP contribution < -0.4 is 16.0 Å². The van der Waals surface area contributed by atoms with Gasteiger partial charge in [-0.25, -0.2) is 4.98 Å². The second kappa shape index (κ2) is 13.4. The van der Waals surface area contributed by atoms with Crippen molar-refractivity contribution in [2.45, 2.75) is 51.0 Å². The molecule has 11 heteroatoms. The lowest BCUT2D eigenvalue weighted by Gasteiger charge is -2.33. The maximum Gasteiger partial charge on any atom is 0.251 e. The third-order valence-corrected chi connectivity index (χ3v) is 9.85. The Labute approximate surface area is 263 Å². The molecule has 3 aliphatic rings. The molecule has 1 aliphatic carbocycles. The number of nitrogens with one attached hydrogen (secondary N) is 3. The van der Waals surface area contributed by atoms with Gasteiger partial charge in [-0.05, 0) is 75.9 Å². The van der Waals surface area contributed by atoms with Crippen LogP contribution in [0.15, 0.2) is 48.8 Å². The van der Waals surface area contributed by atoms with Crippen LogP contribution in [0.4, 0.5) is 5.69 Å². The van der Waals surface area contributed by atoms with E-state index in [0.29, 0.717) is 44.2 Å². The topological polar surface area (TPSA) is 128 Å². The highest BCUT2D eigenvalue weighted by molar-refractivity contribution is 5.95. The number of hydrogen-bond acceptors (Lipinski definition) is 7. The smallest absolute Gasteiger partial charge is 0.251 e. The summed E-state index contributed by atoms with van der Waals surface area (Å²) in [7, 11) is 1.57. The van der Waals surface area contributed by atoms with Gasteiger partial charge in [-0.1, -0.05) is 12.1 Å². The molecule has 1 atom stereocenters. The average Bonchev–Trinajstić information content (AvgIpc) is 3.68. The predicted molar refractivity (Wildman–Crippen MR) is 172 cm³/mol. The van der Waals surface area contributed by atoms with Gasteiger partial charge in [0.25, 0.3) is 5.91 Å². The van der Waals surface area contributed by atoms with Gasteiger partial charge in [0, 0.05) is 75.1 Å². The van der Waals surface area contributed by atoms with E-state index in [-0.39, 0.29) is 30.1 Å². The van der Waals surface area contributed by atoms with Crippen LogP contribution in [0, 0.1) is 11.3 Å². The predicted octanol–water partition coefficient (Wildman–Crippen LogP) is 2.96. The van der Waals surface area contributed by atoms with Gasteiger partial charge < -0.3 is 34.9 Å². The first-order chi connectivity index (χ1) is 21.9. The van der Waals surface area contributed by atoms with E-state index < -0.39 is 5.41 Å². The van der Waals surface area contributed by atoms with Gasteiger partial charge >= 0.3 is 0 Å². The molecule has 1 aromatic carbocycles. The van der Waals surface area contributed by atoms with Crippen molar-refractivity contribution in [3.05, 3.63) is 54.4 Å². The number of aromatic nitrogens is 2. The summed E-state index contributed by atoms with van der Waals surface area (Å²) in [5.74, 6) is -0.299. The number of piperidine rings is 1. The molecule has 0 bridgehead atoms. The zero-order valence-corrected chi connectivity index (χ0v) is 26.0. The van der Waals surface area contributed by atoms with E-state index in [4.69, 9.17) is 4.98 Å². The number of carbonyl (C=O) groups is 4. The fourth-order valence-electron chi connectivity index (χ4n) is 6.85. The van der Waals surface area contributed by atoms with Gasteiger partial charge in [0.1, 0.15) is 11.9 Å². The summed E-state index contributed by atoms with van der Waals surface area (Å²) in [5.41, 5.74) is 3.44. The number of carbonyl (C=O) groups excluding carboxylic acids is 4. The minimum atomic E-state index is -0.812. The monoisotopic (exact) mass is 613 g/mol. The molecule has 4 heterocycles. The molecule has 0 spiro atoms. The van der Waals surface area contributed by atoms with Crippen molar-refractivity contribution in [1.82, 2.24) is 29.8 Å². The van der Waals surface area contributed by atoms with Gasteiger partial charge in [0.2, 0.25) is 11.8 Å². The van der Waals surface area contributed by atoms with Crippen molar-refractivity contribution in [2.75, 3.05) is 51.6 Å². The second-order valence-corrected chi connectivity index (χ2v) is 12.8. The summed E-state index contributed by atoms with van der Waals surface area (Å²) >= 11 is 0. The quantitative estimate of drug-likeness (QED) is 0.284. The molecule has 2 saturated heterocycles. The van der Waals surface area contributed by atoms with Crippen LogP contribution >= 0.6 is 0 Å². The standard InChI is InChI=1S/C34H43N7O4/c1-35-33(45)34(13-19-42)12-17-40(23-34)32(44)24-10-15-39(16-11-24)18-14-36-31(43)26-5-2-4-25(20-26)29-22-41-21-28(8-9-30(41)38-29)37-27-6-3-7-27/h2,4-5,8-9,19-22,24,27,37H,3,6-7,10-18,23H2,1H3,(H,35,45)(H,36,43). The van der Waals surface area contributed by atoms with Crippen LogP contribution in [0.5, 0.6) is 0 Å². The SMILES string of the molecule is CNC(=O)C1(CC=O)CCN(C(=O)C2CCN(CCNC(=O)c3cccc(-c4cn5cc(NC6CCC6)ccc5n4)c3)CC2)C1. The van der Waals surface area contributed by atoms with E-state index in [1.165, 1.54) is 19.3 Å². The number of anilines is 1. The summed E-state index contributed by atoms with van der Waals surface area (Å²) in [4.78, 5) is 58.8. The first-order valence-electron chi connectivity index (χ1n) is 16.2. The molecule has 3 fully saturated rings. The van der Waals surface area contributed by atoms with Crippen LogP contribution in [0.2, 0.25) is 0 Å². The van der Waals surface area contributed by atoms with Crippen LogP contribution in [0.3, 0.4) is 0 Å². The maximum absolute atomic E-state index is 13.2. The third kappa shape index (κ3) is 6.73. The van der Waals surface area contributed by atoms with Gasteiger partial charge in [-0.15, -0.1) is 0 Å². The highest BCUT2D eigenvalue weighted by Crippen LogP contribution is 2.35. The molecule has 1 saturated carbocycles. The van der Waals surface area contributed by atoms with Crippen LogP contribution in [-0.2, 0) is 14.4 Å². The minimum absolute atomic E-state index is 0.0795. The molecule has 3 aromatic rings. The summed E-state index contributed by atoms with van der Waals surface area (Å²) in [6.45, 7) is 3.57. The summed E-state index contributed by atoms with van der Waals surface area (Å²) in [6.07, 6.45) is 10.7. The van der Waals surface area contributed by atoms with E-state index in [0.717, 1.165) is 54.8 Å². The van der Waals surface area contributed by atoms with E-state index in [9.17, 15) is 19.2 Å². The molecule has 45 heavy (non-hydrogen) atoms. The first-order valence-corrected chi connectivity index (χ1v) is 16.2. The summed E-state index contributed by atoms with van der Waals surface area (Å²) < 4.78 is 2.02.